The summed E-state index contributed by atoms with van der Waals surface area (Å²) in [7, 11) is 0. The Morgan fingerprint density at radius 1 is 1.12 bits per heavy atom. The SMILES string of the molecule is CCc1sc(NC(=O)c2cccc(Br)c2)nc1-c1ccc(Br)cc1. The molecule has 1 heterocycles. The molecule has 1 amide bonds. The molecule has 0 saturated heterocycles. The van der Waals surface area contributed by atoms with Gasteiger partial charge in [0.2, 0.25) is 0 Å². The molecule has 0 aliphatic rings. The largest absolute Gasteiger partial charge is 0.298 e. The maximum Gasteiger partial charge on any atom is 0.257 e. The molecule has 1 N–H and O–H groups in total. The average molecular weight is 466 g/mol. The number of anilines is 1. The molecule has 0 saturated carbocycles. The molecule has 0 aliphatic heterocycles. The van der Waals surface area contributed by atoms with Gasteiger partial charge in [0.15, 0.2) is 5.13 Å². The van der Waals surface area contributed by atoms with Crippen molar-refractivity contribution in [2.75, 3.05) is 5.32 Å². The molecule has 6 heteroatoms. The molecule has 1 aromatic heterocycles. The zero-order chi connectivity index (χ0) is 17.1. The predicted octanol–water partition coefficient (Wildman–Crippen LogP) is 6.15. The predicted molar refractivity (Wildman–Crippen MR) is 107 cm³/mol. The van der Waals surface area contributed by atoms with Gasteiger partial charge in [0, 0.05) is 24.9 Å². The van der Waals surface area contributed by atoms with Crippen LogP contribution in [0.4, 0.5) is 5.13 Å². The second-order valence-corrected chi connectivity index (χ2v) is 8.03. The molecule has 3 aromatic rings. The number of halogens is 2. The zero-order valence-corrected chi connectivity index (χ0v) is 16.8. The van der Waals surface area contributed by atoms with E-state index in [1.807, 2.05) is 36.4 Å². The summed E-state index contributed by atoms with van der Waals surface area (Å²) < 4.78 is 1.90. The van der Waals surface area contributed by atoms with Gasteiger partial charge in [-0.15, -0.1) is 11.3 Å². The fraction of sp³-hybridized carbons (Fsp3) is 0.111. The van der Waals surface area contributed by atoms with Crippen LogP contribution in [0.3, 0.4) is 0 Å². The fourth-order valence-electron chi connectivity index (χ4n) is 2.28. The number of aryl methyl sites for hydroxylation is 1. The van der Waals surface area contributed by atoms with Crippen LogP contribution >= 0.6 is 43.2 Å². The van der Waals surface area contributed by atoms with Gasteiger partial charge in [0.25, 0.3) is 5.91 Å². The van der Waals surface area contributed by atoms with Gasteiger partial charge in [-0.3, -0.25) is 10.1 Å². The third kappa shape index (κ3) is 3.94. The Bertz CT molecular complexity index is 875. The molecule has 0 unspecified atom stereocenters. The molecular weight excluding hydrogens is 452 g/mol. The molecule has 122 valence electrons. The van der Waals surface area contributed by atoms with Crippen LogP contribution in [0, 0.1) is 0 Å². The number of nitrogens with one attached hydrogen (secondary N) is 1. The smallest absolute Gasteiger partial charge is 0.257 e. The molecule has 0 fully saturated rings. The molecule has 0 radical (unpaired) electrons. The van der Waals surface area contributed by atoms with Crippen LogP contribution in [0.25, 0.3) is 11.3 Å². The Morgan fingerprint density at radius 2 is 1.88 bits per heavy atom. The van der Waals surface area contributed by atoms with Crippen LogP contribution in [-0.4, -0.2) is 10.9 Å². The maximum atomic E-state index is 12.4. The summed E-state index contributed by atoms with van der Waals surface area (Å²) in [4.78, 5) is 18.2. The standard InChI is InChI=1S/C18H14Br2N2OS/c1-2-15-16(11-6-8-13(19)9-7-11)21-18(24-15)22-17(23)12-4-3-5-14(20)10-12/h3-10H,2H2,1H3,(H,21,22,23). The number of amides is 1. The van der Waals surface area contributed by atoms with Gasteiger partial charge in [-0.05, 0) is 36.8 Å². The number of hydrogen-bond donors (Lipinski definition) is 1. The first kappa shape index (κ1) is 17.3. The normalized spacial score (nSPS) is 10.6. The van der Waals surface area contributed by atoms with Crippen molar-refractivity contribution < 1.29 is 4.79 Å². The van der Waals surface area contributed by atoms with Gasteiger partial charge in [-0.25, -0.2) is 4.98 Å². The van der Waals surface area contributed by atoms with Gasteiger partial charge in [0.05, 0.1) is 5.69 Å². The Morgan fingerprint density at radius 3 is 2.54 bits per heavy atom. The molecule has 0 spiro atoms. The number of nitrogens with zero attached hydrogens (tertiary/aromatic N) is 1. The zero-order valence-electron chi connectivity index (χ0n) is 12.8. The van der Waals surface area contributed by atoms with E-state index in [9.17, 15) is 4.79 Å². The average Bonchev–Trinajstić information content (AvgIpc) is 2.98. The number of benzene rings is 2. The first-order valence-corrected chi connectivity index (χ1v) is 9.79. The molecule has 3 nitrogen and oxygen atoms in total. The molecule has 0 aliphatic carbocycles. The Labute approximate surface area is 161 Å². The van der Waals surface area contributed by atoms with Crippen LogP contribution in [-0.2, 0) is 6.42 Å². The van der Waals surface area contributed by atoms with E-state index in [4.69, 9.17) is 0 Å². The number of aromatic nitrogens is 1. The van der Waals surface area contributed by atoms with Gasteiger partial charge in [0.1, 0.15) is 0 Å². The Balaban J connectivity index is 1.87. The van der Waals surface area contributed by atoms with E-state index in [0.717, 1.165) is 31.5 Å². The minimum absolute atomic E-state index is 0.157. The lowest BCUT2D eigenvalue weighted by Gasteiger charge is -2.02. The highest BCUT2D eigenvalue weighted by atomic mass is 79.9. The Kier molecular flexibility index (Phi) is 5.48. The summed E-state index contributed by atoms with van der Waals surface area (Å²) in [5.41, 5.74) is 2.58. The van der Waals surface area contributed by atoms with Crippen LogP contribution in [0.1, 0.15) is 22.2 Å². The van der Waals surface area contributed by atoms with Crippen molar-refractivity contribution in [2.45, 2.75) is 13.3 Å². The maximum absolute atomic E-state index is 12.4. The van der Waals surface area contributed by atoms with Gasteiger partial charge >= 0.3 is 0 Å². The topological polar surface area (TPSA) is 42.0 Å². The molecule has 0 atom stereocenters. The second kappa shape index (κ2) is 7.59. The van der Waals surface area contributed by atoms with Crippen molar-refractivity contribution in [3.63, 3.8) is 0 Å². The number of rotatable bonds is 4. The van der Waals surface area contributed by atoms with Crippen LogP contribution in [0.5, 0.6) is 0 Å². The molecule has 3 rings (SSSR count). The van der Waals surface area contributed by atoms with Gasteiger partial charge in [-0.2, -0.15) is 0 Å². The lowest BCUT2D eigenvalue weighted by Crippen LogP contribution is -2.11. The summed E-state index contributed by atoms with van der Waals surface area (Å²) in [6.07, 6.45) is 0.871. The lowest BCUT2D eigenvalue weighted by molar-refractivity contribution is 0.102. The van der Waals surface area contributed by atoms with Crippen molar-refractivity contribution in [2.24, 2.45) is 0 Å². The fourth-order valence-corrected chi connectivity index (χ4v) is 3.86. The Hall–Kier alpha value is -1.50. The summed E-state index contributed by atoms with van der Waals surface area (Å²) in [5, 5.41) is 3.52. The molecule has 2 aromatic carbocycles. The molecular formula is C18H14Br2N2OS. The summed E-state index contributed by atoms with van der Waals surface area (Å²) >= 11 is 8.35. The second-order valence-electron chi connectivity index (χ2n) is 5.12. The van der Waals surface area contributed by atoms with E-state index in [1.54, 1.807) is 12.1 Å². The third-order valence-corrected chi connectivity index (χ3v) is 5.58. The first-order chi connectivity index (χ1) is 11.6. The van der Waals surface area contributed by atoms with Crippen LogP contribution < -0.4 is 5.32 Å². The highest BCUT2D eigenvalue weighted by Crippen LogP contribution is 2.32. The highest BCUT2D eigenvalue weighted by molar-refractivity contribution is 9.10. The molecule has 24 heavy (non-hydrogen) atoms. The minimum Gasteiger partial charge on any atom is -0.298 e. The van der Waals surface area contributed by atoms with Crippen molar-refractivity contribution in [1.82, 2.24) is 4.98 Å². The van der Waals surface area contributed by atoms with Crippen molar-refractivity contribution >= 4 is 54.2 Å². The summed E-state index contributed by atoms with van der Waals surface area (Å²) in [5.74, 6) is -0.157. The number of hydrogen-bond acceptors (Lipinski definition) is 3. The minimum atomic E-state index is -0.157. The van der Waals surface area contributed by atoms with Crippen molar-refractivity contribution in [3.05, 3.63) is 67.9 Å². The summed E-state index contributed by atoms with van der Waals surface area (Å²) in [6, 6.07) is 15.3. The van der Waals surface area contributed by atoms with E-state index < -0.39 is 0 Å². The monoisotopic (exact) mass is 464 g/mol. The van der Waals surface area contributed by atoms with Gasteiger partial charge < -0.3 is 0 Å². The quantitative estimate of drug-likeness (QED) is 0.502. The van der Waals surface area contributed by atoms with E-state index >= 15 is 0 Å². The third-order valence-electron chi connectivity index (χ3n) is 3.44. The number of carbonyl (C=O) groups excluding carboxylic acids is 1. The van der Waals surface area contributed by atoms with E-state index in [2.05, 4.69) is 49.1 Å². The lowest BCUT2D eigenvalue weighted by atomic mass is 10.1. The van der Waals surface area contributed by atoms with E-state index in [0.29, 0.717) is 10.7 Å². The van der Waals surface area contributed by atoms with E-state index in [-0.39, 0.29) is 5.91 Å². The number of carbonyl (C=O) groups is 1. The first-order valence-electron chi connectivity index (χ1n) is 7.39. The van der Waals surface area contributed by atoms with Crippen LogP contribution in [0.15, 0.2) is 57.5 Å². The van der Waals surface area contributed by atoms with Crippen molar-refractivity contribution in [3.8, 4) is 11.3 Å². The van der Waals surface area contributed by atoms with Gasteiger partial charge in [-0.1, -0.05) is 57.0 Å². The van der Waals surface area contributed by atoms with Crippen LogP contribution in [0.2, 0.25) is 0 Å². The highest BCUT2D eigenvalue weighted by Gasteiger charge is 2.14. The van der Waals surface area contributed by atoms with Crippen molar-refractivity contribution in [1.29, 1.82) is 0 Å². The van der Waals surface area contributed by atoms with E-state index in [1.165, 1.54) is 11.3 Å². The number of thiazole rings is 1. The summed E-state index contributed by atoms with van der Waals surface area (Å²) in [6.45, 7) is 2.09. The molecule has 0 bridgehead atoms.